The number of para-hydroxylation sites is 1. The molecule has 1 aliphatic rings. The zero-order chi connectivity index (χ0) is 18.8. The van der Waals surface area contributed by atoms with Gasteiger partial charge in [-0.15, -0.1) is 0 Å². The van der Waals surface area contributed by atoms with E-state index in [0.29, 0.717) is 20.9 Å². The largest absolute Gasteiger partial charge is 0.351 e. The number of aromatic nitrogens is 2. The highest BCUT2D eigenvalue weighted by Crippen LogP contribution is 2.37. The normalized spacial score (nSPS) is 17.3. The van der Waals surface area contributed by atoms with Crippen molar-refractivity contribution in [1.82, 2.24) is 9.55 Å². The first-order chi connectivity index (χ1) is 13.1. The number of thioether (sulfide) groups is 1. The molecule has 0 N–H and O–H groups in total. The summed E-state index contributed by atoms with van der Waals surface area (Å²) < 4.78 is 1.96. The second kappa shape index (κ2) is 7.42. The number of halogens is 1. The van der Waals surface area contributed by atoms with E-state index in [1.807, 2.05) is 66.4 Å². The third-order valence-electron chi connectivity index (χ3n) is 4.04. The van der Waals surface area contributed by atoms with Gasteiger partial charge in [-0.25, -0.2) is 9.98 Å². The van der Waals surface area contributed by atoms with Gasteiger partial charge in [0.25, 0.3) is 5.91 Å². The minimum Gasteiger partial charge on any atom is -0.351 e. The maximum atomic E-state index is 13.1. The number of amides is 1. The van der Waals surface area contributed by atoms with Crippen LogP contribution in [0.3, 0.4) is 0 Å². The van der Waals surface area contributed by atoms with Gasteiger partial charge in [0.2, 0.25) is 0 Å². The summed E-state index contributed by atoms with van der Waals surface area (Å²) in [6.07, 6.45) is 5.42. The van der Waals surface area contributed by atoms with Crippen LogP contribution in [-0.2, 0) is 11.8 Å². The van der Waals surface area contributed by atoms with Gasteiger partial charge in [-0.05, 0) is 54.2 Å². The highest BCUT2D eigenvalue weighted by atomic mass is 35.5. The molecule has 1 saturated heterocycles. The van der Waals surface area contributed by atoms with Crippen LogP contribution in [0, 0.1) is 0 Å². The Kier molecular flexibility index (Phi) is 4.83. The Morgan fingerprint density at radius 1 is 1.11 bits per heavy atom. The van der Waals surface area contributed by atoms with E-state index in [2.05, 4.69) is 9.98 Å². The molecule has 0 radical (unpaired) electrons. The SMILES string of the molecule is Cn1cccc1/C=C1/SC(=Nc2cccnc2Cl)N(c2ccccc2)C1=O. The van der Waals surface area contributed by atoms with Crippen LogP contribution >= 0.6 is 23.4 Å². The zero-order valence-electron chi connectivity index (χ0n) is 14.4. The molecule has 3 heterocycles. The molecule has 0 bridgehead atoms. The summed E-state index contributed by atoms with van der Waals surface area (Å²) >= 11 is 7.48. The van der Waals surface area contributed by atoms with E-state index in [-0.39, 0.29) is 5.91 Å². The summed E-state index contributed by atoms with van der Waals surface area (Å²) in [6, 6.07) is 16.9. The molecule has 1 fully saturated rings. The minimum absolute atomic E-state index is 0.119. The fourth-order valence-electron chi connectivity index (χ4n) is 2.68. The number of aliphatic imine (C=N–C) groups is 1. The fraction of sp³-hybridized carbons (Fsp3) is 0.0500. The van der Waals surface area contributed by atoms with E-state index in [9.17, 15) is 4.79 Å². The van der Waals surface area contributed by atoms with Crippen LogP contribution in [0.1, 0.15) is 5.69 Å². The Labute approximate surface area is 166 Å². The van der Waals surface area contributed by atoms with Gasteiger partial charge in [-0.2, -0.15) is 0 Å². The Bertz CT molecular complexity index is 1060. The molecule has 1 aromatic carbocycles. The summed E-state index contributed by atoms with van der Waals surface area (Å²) in [4.78, 5) is 24.0. The minimum atomic E-state index is -0.119. The number of rotatable bonds is 3. The van der Waals surface area contributed by atoms with Gasteiger partial charge in [0.1, 0.15) is 5.69 Å². The summed E-state index contributed by atoms with van der Waals surface area (Å²) in [5, 5.41) is 0.840. The first-order valence-electron chi connectivity index (χ1n) is 8.23. The number of carbonyl (C=O) groups excluding carboxylic acids is 1. The van der Waals surface area contributed by atoms with Gasteiger partial charge in [-0.1, -0.05) is 29.8 Å². The Hall–Kier alpha value is -2.83. The highest BCUT2D eigenvalue weighted by Gasteiger charge is 2.35. The molecule has 0 atom stereocenters. The summed E-state index contributed by atoms with van der Waals surface area (Å²) in [7, 11) is 1.94. The van der Waals surface area contributed by atoms with Crippen LogP contribution in [-0.4, -0.2) is 20.6 Å². The number of aryl methyl sites for hydroxylation is 1. The number of amidine groups is 1. The molecule has 1 aliphatic heterocycles. The molecule has 7 heteroatoms. The summed E-state index contributed by atoms with van der Waals surface area (Å²) in [6.45, 7) is 0. The van der Waals surface area contributed by atoms with Crippen LogP contribution in [0.2, 0.25) is 5.15 Å². The number of nitrogens with zero attached hydrogens (tertiary/aromatic N) is 4. The van der Waals surface area contributed by atoms with Crippen molar-refractivity contribution in [2.75, 3.05) is 4.90 Å². The van der Waals surface area contributed by atoms with Crippen molar-refractivity contribution in [3.63, 3.8) is 0 Å². The van der Waals surface area contributed by atoms with Crippen LogP contribution in [0.4, 0.5) is 11.4 Å². The molecular weight excluding hydrogens is 380 g/mol. The summed E-state index contributed by atoms with van der Waals surface area (Å²) in [5.74, 6) is -0.119. The van der Waals surface area contributed by atoms with E-state index in [1.165, 1.54) is 11.8 Å². The van der Waals surface area contributed by atoms with Crippen LogP contribution in [0.25, 0.3) is 6.08 Å². The smallest absolute Gasteiger partial charge is 0.271 e. The standard InChI is InChI=1S/C20H15ClN4OS/c1-24-12-6-9-15(24)13-17-19(26)25(14-7-3-2-4-8-14)20(27-17)23-16-10-5-11-22-18(16)21/h2-13H,1H3/b17-13+,23-20?. The van der Waals surface area contributed by atoms with E-state index in [4.69, 9.17) is 11.6 Å². The number of hydrogen-bond donors (Lipinski definition) is 0. The van der Waals surface area contributed by atoms with Crippen molar-refractivity contribution in [2.24, 2.45) is 12.0 Å². The predicted molar refractivity (Wildman–Crippen MR) is 111 cm³/mol. The first kappa shape index (κ1) is 17.6. The van der Waals surface area contributed by atoms with Crippen LogP contribution < -0.4 is 4.90 Å². The molecule has 0 saturated carbocycles. The number of benzene rings is 1. The van der Waals surface area contributed by atoms with E-state index in [1.54, 1.807) is 23.2 Å². The van der Waals surface area contributed by atoms with Gasteiger partial charge in [-0.3, -0.25) is 9.69 Å². The second-order valence-electron chi connectivity index (χ2n) is 5.84. The third-order valence-corrected chi connectivity index (χ3v) is 5.30. The topological polar surface area (TPSA) is 50.5 Å². The Balaban J connectivity index is 1.80. The zero-order valence-corrected chi connectivity index (χ0v) is 16.0. The summed E-state index contributed by atoms with van der Waals surface area (Å²) in [5.41, 5.74) is 2.22. The van der Waals surface area contributed by atoms with E-state index in [0.717, 1.165) is 11.4 Å². The average Bonchev–Trinajstić information content (AvgIpc) is 3.21. The number of hydrogen-bond acceptors (Lipinski definition) is 4. The number of carbonyl (C=O) groups is 1. The molecular formula is C20H15ClN4OS. The van der Waals surface area contributed by atoms with Crippen molar-refractivity contribution < 1.29 is 4.79 Å². The van der Waals surface area contributed by atoms with Crippen molar-refractivity contribution >= 4 is 51.9 Å². The molecule has 1 amide bonds. The molecule has 134 valence electrons. The van der Waals surface area contributed by atoms with Crippen LogP contribution in [0.15, 0.2) is 76.9 Å². The van der Waals surface area contributed by atoms with E-state index < -0.39 is 0 Å². The lowest BCUT2D eigenvalue weighted by molar-refractivity contribution is -0.113. The fourth-order valence-corrected chi connectivity index (χ4v) is 3.82. The van der Waals surface area contributed by atoms with Crippen LogP contribution in [0.5, 0.6) is 0 Å². The molecule has 0 aliphatic carbocycles. The molecule has 3 aromatic rings. The number of pyridine rings is 1. The second-order valence-corrected chi connectivity index (χ2v) is 7.21. The quantitative estimate of drug-likeness (QED) is 0.469. The average molecular weight is 395 g/mol. The molecule has 5 nitrogen and oxygen atoms in total. The first-order valence-corrected chi connectivity index (χ1v) is 9.42. The van der Waals surface area contributed by atoms with Crippen molar-refractivity contribution in [3.05, 3.63) is 82.7 Å². The number of anilines is 1. The third kappa shape index (κ3) is 3.54. The lowest BCUT2D eigenvalue weighted by atomic mass is 10.3. The van der Waals surface area contributed by atoms with Gasteiger partial charge in [0, 0.05) is 25.1 Å². The van der Waals surface area contributed by atoms with Gasteiger partial charge >= 0.3 is 0 Å². The lowest BCUT2D eigenvalue weighted by Gasteiger charge is -2.15. The van der Waals surface area contributed by atoms with Crippen molar-refractivity contribution in [2.45, 2.75) is 0 Å². The molecule has 0 spiro atoms. The van der Waals surface area contributed by atoms with Gasteiger partial charge in [0.05, 0.1) is 10.6 Å². The van der Waals surface area contributed by atoms with Gasteiger partial charge in [0.15, 0.2) is 10.3 Å². The van der Waals surface area contributed by atoms with E-state index >= 15 is 0 Å². The highest BCUT2D eigenvalue weighted by molar-refractivity contribution is 8.19. The molecule has 4 rings (SSSR count). The van der Waals surface area contributed by atoms with Gasteiger partial charge < -0.3 is 4.57 Å². The predicted octanol–water partition coefficient (Wildman–Crippen LogP) is 4.88. The Morgan fingerprint density at radius 3 is 2.63 bits per heavy atom. The van der Waals surface area contributed by atoms with Crippen molar-refractivity contribution in [3.8, 4) is 0 Å². The monoisotopic (exact) mass is 394 g/mol. The molecule has 27 heavy (non-hydrogen) atoms. The Morgan fingerprint density at radius 2 is 1.93 bits per heavy atom. The maximum absolute atomic E-state index is 13.1. The lowest BCUT2D eigenvalue weighted by Crippen LogP contribution is -2.28. The molecule has 2 aromatic heterocycles. The van der Waals surface area contributed by atoms with Crippen molar-refractivity contribution in [1.29, 1.82) is 0 Å². The maximum Gasteiger partial charge on any atom is 0.271 e. The molecule has 0 unspecified atom stereocenters.